The fourth-order valence-electron chi connectivity index (χ4n) is 1.53. The number of hydrogen-bond donors (Lipinski definition) is 2. The zero-order chi connectivity index (χ0) is 13.0. The molecule has 0 atom stereocenters. The van der Waals surface area contributed by atoms with E-state index in [0.717, 1.165) is 17.0 Å². The zero-order valence-corrected chi connectivity index (χ0v) is 10.6. The largest absolute Gasteiger partial charge is 0.497 e. The van der Waals surface area contributed by atoms with Gasteiger partial charge in [-0.05, 0) is 6.07 Å². The summed E-state index contributed by atoms with van der Waals surface area (Å²) in [5.74, 6) is 0.194. The van der Waals surface area contributed by atoms with Crippen LogP contribution in [0.25, 0.3) is 0 Å². The Morgan fingerprint density at radius 3 is 2.89 bits per heavy atom. The van der Waals surface area contributed by atoms with Gasteiger partial charge in [-0.25, -0.2) is 4.39 Å². The molecule has 0 radical (unpaired) electrons. The molecule has 0 fully saturated rings. The van der Waals surface area contributed by atoms with Crippen molar-refractivity contribution in [3.8, 4) is 5.75 Å². The van der Waals surface area contributed by atoms with Crippen molar-refractivity contribution in [2.75, 3.05) is 7.11 Å². The quantitative estimate of drug-likeness (QED) is 0.870. The van der Waals surface area contributed by atoms with Gasteiger partial charge < -0.3 is 15.0 Å². The van der Waals surface area contributed by atoms with Crippen LogP contribution < -0.4 is 14.9 Å². The Hall–Kier alpha value is -1.66. The summed E-state index contributed by atoms with van der Waals surface area (Å²) in [6, 6.07) is 4.74. The fraction of sp³-hybridized carbons (Fsp3) is 0.250. The number of methoxy groups -OCH3 is 1. The van der Waals surface area contributed by atoms with Crippen LogP contribution in [-0.2, 0) is 13.1 Å². The number of thiazole rings is 1. The molecular weight excluding hydrogens is 255 g/mol. The molecule has 4 nitrogen and oxygen atoms in total. The van der Waals surface area contributed by atoms with Gasteiger partial charge in [0.15, 0.2) is 0 Å². The van der Waals surface area contributed by atoms with Gasteiger partial charge in [-0.3, -0.25) is 4.79 Å². The molecule has 0 saturated heterocycles. The van der Waals surface area contributed by atoms with Crippen molar-refractivity contribution in [2.24, 2.45) is 0 Å². The van der Waals surface area contributed by atoms with Gasteiger partial charge in [0, 0.05) is 35.8 Å². The first-order chi connectivity index (χ1) is 8.69. The Kier molecular flexibility index (Phi) is 4.11. The average molecular weight is 268 g/mol. The molecule has 1 aromatic carbocycles. The second kappa shape index (κ2) is 5.79. The number of benzene rings is 1. The van der Waals surface area contributed by atoms with Crippen LogP contribution in [0.2, 0.25) is 0 Å². The van der Waals surface area contributed by atoms with Gasteiger partial charge in [-0.15, -0.1) is 0 Å². The van der Waals surface area contributed by atoms with Crippen LogP contribution in [0.5, 0.6) is 5.75 Å². The van der Waals surface area contributed by atoms with Gasteiger partial charge in [0.2, 0.25) is 0 Å². The third-order valence-corrected chi connectivity index (χ3v) is 3.18. The lowest BCUT2D eigenvalue weighted by atomic mass is 10.2. The van der Waals surface area contributed by atoms with Crippen LogP contribution in [0.15, 0.2) is 28.4 Å². The number of aromatic nitrogens is 1. The Labute approximate surface area is 107 Å². The van der Waals surface area contributed by atoms with E-state index in [0.29, 0.717) is 24.4 Å². The zero-order valence-electron chi connectivity index (χ0n) is 9.83. The Bertz CT molecular complexity index is 579. The number of aromatic amines is 1. The van der Waals surface area contributed by atoms with E-state index in [1.165, 1.54) is 13.2 Å². The van der Waals surface area contributed by atoms with E-state index in [9.17, 15) is 9.18 Å². The molecule has 1 heterocycles. The molecule has 2 N–H and O–H groups in total. The van der Waals surface area contributed by atoms with Crippen LogP contribution >= 0.6 is 11.3 Å². The highest BCUT2D eigenvalue weighted by molar-refractivity contribution is 7.07. The van der Waals surface area contributed by atoms with Crippen molar-refractivity contribution in [1.29, 1.82) is 0 Å². The van der Waals surface area contributed by atoms with Crippen LogP contribution in [0.1, 0.15) is 11.3 Å². The van der Waals surface area contributed by atoms with Gasteiger partial charge >= 0.3 is 4.87 Å². The molecule has 2 rings (SSSR count). The summed E-state index contributed by atoms with van der Waals surface area (Å²) in [5, 5.41) is 4.82. The molecule has 0 aliphatic carbocycles. The van der Waals surface area contributed by atoms with Crippen molar-refractivity contribution in [2.45, 2.75) is 13.1 Å². The normalized spacial score (nSPS) is 10.6. The molecular formula is C12H13FN2O2S. The van der Waals surface area contributed by atoms with E-state index >= 15 is 0 Å². The molecule has 96 valence electrons. The van der Waals surface area contributed by atoms with Gasteiger partial charge in [-0.1, -0.05) is 17.4 Å². The molecule has 1 aromatic heterocycles. The Morgan fingerprint density at radius 1 is 1.44 bits per heavy atom. The smallest absolute Gasteiger partial charge is 0.304 e. The maximum atomic E-state index is 13.6. The molecule has 0 aliphatic rings. The second-order valence-corrected chi connectivity index (χ2v) is 4.58. The number of H-pyrrole nitrogens is 1. The van der Waals surface area contributed by atoms with Crippen molar-refractivity contribution < 1.29 is 9.13 Å². The number of nitrogens with one attached hydrogen (secondary N) is 2. The van der Waals surface area contributed by atoms with Crippen molar-refractivity contribution in [3.05, 3.63) is 50.3 Å². The molecule has 0 bridgehead atoms. The van der Waals surface area contributed by atoms with Crippen molar-refractivity contribution in [1.82, 2.24) is 10.3 Å². The first-order valence-corrected chi connectivity index (χ1v) is 6.27. The van der Waals surface area contributed by atoms with E-state index in [4.69, 9.17) is 4.74 Å². The van der Waals surface area contributed by atoms with Gasteiger partial charge in [0.1, 0.15) is 11.6 Å². The Balaban J connectivity index is 1.92. The number of ether oxygens (including phenoxy) is 1. The highest BCUT2D eigenvalue weighted by Crippen LogP contribution is 2.16. The van der Waals surface area contributed by atoms with E-state index < -0.39 is 0 Å². The number of hydrogen-bond acceptors (Lipinski definition) is 4. The SMILES string of the molecule is COc1ccc(CNCc2csc(=O)[nH]2)c(F)c1. The van der Waals surface area contributed by atoms with Gasteiger partial charge in [0.25, 0.3) is 0 Å². The van der Waals surface area contributed by atoms with Crippen LogP contribution in [0.3, 0.4) is 0 Å². The minimum Gasteiger partial charge on any atom is -0.497 e. The van der Waals surface area contributed by atoms with Crippen LogP contribution in [-0.4, -0.2) is 12.1 Å². The van der Waals surface area contributed by atoms with Crippen molar-refractivity contribution >= 4 is 11.3 Å². The maximum Gasteiger partial charge on any atom is 0.304 e. The minimum absolute atomic E-state index is 0.0811. The molecule has 2 aromatic rings. The molecule has 0 spiro atoms. The second-order valence-electron chi connectivity index (χ2n) is 3.73. The van der Waals surface area contributed by atoms with Gasteiger partial charge in [0.05, 0.1) is 7.11 Å². The molecule has 18 heavy (non-hydrogen) atoms. The van der Waals surface area contributed by atoms with E-state index in [-0.39, 0.29) is 10.7 Å². The first-order valence-electron chi connectivity index (χ1n) is 5.39. The highest BCUT2D eigenvalue weighted by Gasteiger charge is 2.04. The fourth-order valence-corrected chi connectivity index (χ4v) is 2.11. The third-order valence-electron chi connectivity index (χ3n) is 2.46. The molecule has 0 aliphatic heterocycles. The number of halogens is 1. The Morgan fingerprint density at radius 2 is 2.28 bits per heavy atom. The molecule has 0 unspecified atom stereocenters. The predicted molar refractivity (Wildman–Crippen MR) is 68.4 cm³/mol. The monoisotopic (exact) mass is 268 g/mol. The lowest BCUT2D eigenvalue weighted by Gasteiger charge is -2.06. The summed E-state index contributed by atoms with van der Waals surface area (Å²) in [6.07, 6.45) is 0. The summed E-state index contributed by atoms with van der Waals surface area (Å²) < 4.78 is 18.5. The third kappa shape index (κ3) is 3.18. The summed E-state index contributed by atoms with van der Waals surface area (Å²) in [7, 11) is 1.50. The van der Waals surface area contributed by atoms with Crippen LogP contribution in [0, 0.1) is 5.82 Å². The van der Waals surface area contributed by atoms with E-state index in [1.54, 1.807) is 17.5 Å². The van der Waals surface area contributed by atoms with Crippen molar-refractivity contribution in [3.63, 3.8) is 0 Å². The topological polar surface area (TPSA) is 54.1 Å². The molecule has 0 saturated carbocycles. The lowest BCUT2D eigenvalue weighted by Crippen LogP contribution is -2.14. The minimum atomic E-state index is -0.305. The van der Waals surface area contributed by atoms with E-state index in [2.05, 4.69) is 10.3 Å². The first kappa shape index (κ1) is 12.8. The molecule has 6 heteroatoms. The van der Waals surface area contributed by atoms with E-state index in [1.807, 2.05) is 0 Å². The highest BCUT2D eigenvalue weighted by atomic mass is 32.1. The average Bonchev–Trinajstić information content (AvgIpc) is 2.77. The summed E-state index contributed by atoms with van der Waals surface area (Å²) >= 11 is 1.12. The summed E-state index contributed by atoms with van der Waals surface area (Å²) in [5.41, 5.74) is 1.37. The predicted octanol–water partition coefficient (Wildman–Crippen LogP) is 1.87. The standard InChI is InChI=1S/C12H13FN2O2S/c1-17-10-3-2-8(11(13)4-10)5-14-6-9-7-18-12(16)15-9/h2-4,7,14H,5-6H2,1H3,(H,15,16). The maximum absolute atomic E-state index is 13.6. The summed E-state index contributed by atoms with van der Waals surface area (Å²) in [4.78, 5) is 13.5. The number of rotatable bonds is 5. The summed E-state index contributed by atoms with van der Waals surface area (Å²) in [6.45, 7) is 0.901. The van der Waals surface area contributed by atoms with Crippen LogP contribution in [0.4, 0.5) is 4.39 Å². The lowest BCUT2D eigenvalue weighted by molar-refractivity contribution is 0.410. The molecule has 0 amide bonds. The van der Waals surface area contributed by atoms with Gasteiger partial charge in [-0.2, -0.15) is 0 Å².